The fraction of sp³-hybridized carbons (Fsp3) is 0.538. The van der Waals surface area contributed by atoms with Crippen LogP contribution in [-0.4, -0.2) is 64.0 Å². The van der Waals surface area contributed by atoms with Crippen LogP contribution >= 0.6 is 0 Å². The summed E-state index contributed by atoms with van der Waals surface area (Å²) in [6.45, 7) is 1.33. The Hall–Kier alpha value is -3.20. The van der Waals surface area contributed by atoms with Gasteiger partial charge in [0.15, 0.2) is 5.65 Å². The lowest BCUT2D eigenvalue weighted by molar-refractivity contribution is 0.0350. The molecule has 0 unspecified atom stereocenters. The maximum Gasteiger partial charge on any atom is 0.262 e. The second-order valence-electron chi connectivity index (χ2n) is 9.60. The summed E-state index contributed by atoms with van der Waals surface area (Å²) in [7, 11) is 5.10. The van der Waals surface area contributed by atoms with Crippen molar-refractivity contribution in [2.75, 3.05) is 27.3 Å². The minimum atomic E-state index is -0.193. The number of carbonyl (C=O) groups excluding carboxylic acids is 1. The first-order valence-electron chi connectivity index (χ1n) is 12.5. The van der Waals surface area contributed by atoms with Crippen molar-refractivity contribution in [3.05, 3.63) is 39.8 Å². The van der Waals surface area contributed by atoms with Crippen LogP contribution < -0.4 is 10.3 Å². The second kappa shape index (κ2) is 9.81. The largest absolute Gasteiger partial charge is 0.496 e. The van der Waals surface area contributed by atoms with Crippen LogP contribution in [0, 0.1) is 0 Å². The second-order valence-corrected chi connectivity index (χ2v) is 9.60. The Kier molecular flexibility index (Phi) is 6.60. The predicted octanol–water partition coefficient (Wildman–Crippen LogP) is 3.63. The lowest BCUT2D eigenvalue weighted by Gasteiger charge is -2.31. The molecule has 0 atom stereocenters. The average Bonchev–Trinajstić information content (AvgIpc) is 3.25. The summed E-state index contributed by atoms with van der Waals surface area (Å²) in [6.07, 6.45) is 7.55. The third kappa shape index (κ3) is 4.45. The van der Waals surface area contributed by atoms with Crippen molar-refractivity contribution in [2.45, 2.75) is 57.0 Å². The minimum Gasteiger partial charge on any atom is -0.496 e. The Morgan fingerprint density at radius 2 is 1.83 bits per heavy atom. The van der Waals surface area contributed by atoms with E-state index in [1.807, 2.05) is 11.9 Å². The topological polar surface area (TPSA) is 102 Å². The molecule has 1 saturated heterocycles. The summed E-state index contributed by atoms with van der Waals surface area (Å²) in [6, 6.07) is 5.28. The first-order valence-corrected chi connectivity index (χ1v) is 12.5. The maximum absolute atomic E-state index is 13.2. The van der Waals surface area contributed by atoms with E-state index >= 15 is 0 Å². The average molecular weight is 480 g/mol. The number of aryl methyl sites for hydroxylation is 1. The zero-order chi connectivity index (χ0) is 24.5. The molecule has 1 aliphatic heterocycles. The number of likely N-dealkylation sites (tertiary alicyclic amines) is 1. The number of aromatic nitrogens is 4. The van der Waals surface area contributed by atoms with E-state index in [2.05, 4.69) is 4.98 Å². The van der Waals surface area contributed by atoms with Gasteiger partial charge in [-0.2, -0.15) is 5.10 Å². The molecule has 5 rings (SSSR count). The first kappa shape index (κ1) is 23.5. The number of nitrogens with one attached hydrogen (secondary N) is 1. The van der Waals surface area contributed by atoms with E-state index in [9.17, 15) is 9.59 Å². The molecule has 2 fully saturated rings. The summed E-state index contributed by atoms with van der Waals surface area (Å²) >= 11 is 0. The monoisotopic (exact) mass is 479 g/mol. The molecular weight excluding hydrogens is 446 g/mol. The highest BCUT2D eigenvalue weighted by atomic mass is 16.5. The van der Waals surface area contributed by atoms with Crippen LogP contribution in [0.25, 0.3) is 22.4 Å². The molecule has 1 saturated carbocycles. The molecule has 35 heavy (non-hydrogen) atoms. The molecule has 0 spiro atoms. The number of hydrogen-bond donors (Lipinski definition) is 1. The molecule has 1 aliphatic carbocycles. The van der Waals surface area contributed by atoms with Crippen LogP contribution in [0.2, 0.25) is 0 Å². The van der Waals surface area contributed by atoms with Gasteiger partial charge in [0.25, 0.3) is 11.5 Å². The molecule has 0 bridgehead atoms. The lowest BCUT2D eigenvalue weighted by atomic mass is 9.86. The van der Waals surface area contributed by atoms with E-state index in [0.29, 0.717) is 52.7 Å². The molecular formula is C26H33N5O4. The fourth-order valence-corrected chi connectivity index (χ4v) is 5.47. The highest BCUT2D eigenvalue weighted by Crippen LogP contribution is 2.35. The van der Waals surface area contributed by atoms with E-state index in [1.165, 1.54) is 19.3 Å². The number of fused-ring (bicyclic) bond motifs is 1. The Morgan fingerprint density at radius 1 is 1.09 bits per heavy atom. The van der Waals surface area contributed by atoms with E-state index in [1.54, 1.807) is 37.1 Å². The maximum atomic E-state index is 13.2. The van der Waals surface area contributed by atoms with Gasteiger partial charge in [0.2, 0.25) is 0 Å². The minimum absolute atomic E-state index is 0.0370. The summed E-state index contributed by atoms with van der Waals surface area (Å²) in [5.41, 5.74) is 2.40. The first-order chi connectivity index (χ1) is 17.0. The van der Waals surface area contributed by atoms with Gasteiger partial charge in [0.1, 0.15) is 17.0 Å². The van der Waals surface area contributed by atoms with Gasteiger partial charge in [-0.3, -0.25) is 9.59 Å². The van der Waals surface area contributed by atoms with E-state index in [4.69, 9.17) is 19.6 Å². The smallest absolute Gasteiger partial charge is 0.262 e. The quantitative estimate of drug-likeness (QED) is 0.600. The normalized spacial score (nSPS) is 17.7. The number of amides is 1. The van der Waals surface area contributed by atoms with Crippen molar-refractivity contribution in [1.82, 2.24) is 24.6 Å². The number of benzene rings is 1. The van der Waals surface area contributed by atoms with Crippen LogP contribution in [0.15, 0.2) is 23.0 Å². The molecule has 9 heteroatoms. The van der Waals surface area contributed by atoms with Gasteiger partial charge in [0, 0.05) is 38.7 Å². The predicted molar refractivity (Wildman–Crippen MR) is 133 cm³/mol. The third-order valence-electron chi connectivity index (χ3n) is 7.48. The molecule has 186 valence electrons. The highest BCUT2D eigenvalue weighted by Gasteiger charge is 2.26. The van der Waals surface area contributed by atoms with Gasteiger partial charge in [-0.25, -0.2) is 9.67 Å². The van der Waals surface area contributed by atoms with Crippen molar-refractivity contribution in [1.29, 1.82) is 0 Å². The number of methoxy groups -OCH3 is 2. The van der Waals surface area contributed by atoms with Gasteiger partial charge in [-0.15, -0.1) is 0 Å². The Labute approximate surface area is 204 Å². The van der Waals surface area contributed by atoms with Crippen molar-refractivity contribution in [2.24, 2.45) is 7.05 Å². The number of carbonyl (C=O) groups is 1. The number of piperidine rings is 1. The number of rotatable bonds is 5. The molecule has 2 aromatic heterocycles. The summed E-state index contributed by atoms with van der Waals surface area (Å²) < 4.78 is 12.7. The van der Waals surface area contributed by atoms with Gasteiger partial charge in [-0.05, 0) is 43.9 Å². The standard InChI is InChI=1S/C26H33N5O4/c1-30-24-21(22(29-30)16-7-5-4-6-8-16)25(32)28-23(27-24)19-10-9-17(15-20(19)35-3)26(33)31-13-11-18(34-2)12-14-31/h9-10,15-16,18H,4-8,11-14H2,1-3H3,(H,27,28,32). The Balaban J connectivity index is 1.47. The van der Waals surface area contributed by atoms with Crippen LogP contribution in [0.5, 0.6) is 5.75 Å². The Morgan fingerprint density at radius 3 is 2.51 bits per heavy atom. The van der Waals surface area contributed by atoms with E-state index in [-0.39, 0.29) is 17.6 Å². The zero-order valence-corrected chi connectivity index (χ0v) is 20.7. The van der Waals surface area contributed by atoms with E-state index in [0.717, 1.165) is 31.4 Å². The van der Waals surface area contributed by atoms with Crippen LogP contribution in [0.4, 0.5) is 0 Å². The van der Waals surface area contributed by atoms with E-state index < -0.39 is 0 Å². The van der Waals surface area contributed by atoms with Gasteiger partial charge >= 0.3 is 0 Å². The van der Waals surface area contributed by atoms with Crippen LogP contribution in [-0.2, 0) is 11.8 Å². The van der Waals surface area contributed by atoms with Crippen molar-refractivity contribution in [3.8, 4) is 17.1 Å². The number of H-pyrrole nitrogens is 1. The molecule has 1 N–H and O–H groups in total. The van der Waals surface area contributed by atoms with Crippen LogP contribution in [0.1, 0.15) is 66.9 Å². The molecule has 2 aliphatic rings. The fourth-order valence-electron chi connectivity index (χ4n) is 5.47. The van der Waals surface area contributed by atoms with Crippen molar-refractivity contribution >= 4 is 16.9 Å². The summed E-state index contributed by atoms with van der Waals surface area (Å²) in [5, 5.41) is 5.27. The zero-order valence-electron chi connectivity index (χ0n) is 20.7. The van der Waals surface area contributed by atoms with Crippen molar-refractivity contribution in [3.63, 3.8) is 0 Å². The van der Waals surface area contributed by atoms with Gasteiger partial charge in [0.05, 0.1) is 24.5 Å². The van der Waals surface area contributed by atoms with Gasteiger partial charge < -0.3 is 19.4 Å². The highest BCUT2D eigenvalue weighted by molar-refractivity contribution is 5.95. The molecule has 3 aromatic rings. The van der Waals surface area contributed by atoms with Gasteiger partial charge in [-0.1, -0.05) is 19.3 Å². The molecule has 0 radical (unpaired) electrons. The SMILES string of the molecule is COc1cc(C(=O)N2CCC(OC)CC2)ccc1-c1nc2c(c(C3CCCCC3)nn2C)c(=O)[nH]1. The lowest BCUT2D eigenvalue weighted by Crippen LogP contribution is -2.40. The molecule has 1 amide bonds. The number of nitrogens with zero attached hydrogens (tertiary/aromatic N) is 4. The van der Waals surface area contributed by atoms with Crippen LogP contribution in [0.3, 0.4) is 0 Å². The molecule has 1 aromatic carbocycles. The third-order valence-corrected chi connectivity index (χ3v) is 7.48. The number of ether oxygens (including phenoxy) is 2. The molecule has 9 nitrogen and oxygen atoms in total. The summed E-state index contributed by atoms with van der Waals surface area (Å²) in [5.74, 6) is 1.15. The number of hydrogen-bond acceptors (Lipinski definition) is 6. The molecule has 3 heterocycles. The number of aromatic amines is 1. The Bertz CT molecular complexity index is 1280. The van der Waals surface area contributed by atoms with Crippen molar-refractivity contribution < 1.29 is 14.3 Å². The summed E-state index contributed by atoms with van der Waals surface area (Å²) in [4.78, 5) is 35.9.